The Balaban J connectivity index is 1.86. The highest BCUT2D eigenvalue weighted by Gasteiger charge is 2.15. The lowest BCUT2D eigenvalue weighted by atomic mass is 10.2. The van der Waals surface area contributed by atoms with Crippen molar-refractivity contribution in [1.82, 2.24) is 4.90 Å². The SMILES string of the molecule is COCCN(Cc1ccc(C)o1)CC(O)COc1ccccc1C. The van der Waals surface area contributed by atoms with Crippen LogP contribution >= 0.6 is 0 Å². The van der Waals surface area contributed by atoms with Crippen molar-refractivity contribution < 1.29 is 19.0 Å². The molecule has 1 heterocycles. The number of nitrogens with zero attached hydrogens (tertiary/aromatic N) is 1. The number of hydrogen-bond donors (Lipinski definition) is 1. The summed E-state index contributed by atoms with van der Waals surface area (Å²) in [7, 11) is 1.67. The molecule has 2 rings (SSSR count). The van der Waals surface area contributed by atoms with Crippen LogP contribution in [0, 0.1) is 13.8 Å². The molecule has 2 aromatic rings. The zero-order valence-corrected chi connectivity index (χ0v) is 14.7. The second kappa shape index (κ2) is 9.47. The molecule has 0 saturated carbocycles. The predicted molar refractivity (Wildman–Crippen MR) is 93.3 cm³/mol. The Labute approximate surface area is 143 Å². The van der Waals surface area contributed by atoms with Crippen LogP contribution in [0.1, 0.15) is 17.1 Å². The fourth-order valence-electron chi connectivity index (χ4n) is 2.50. The average molecular weight is 333 g/mol. The third kappa shape index (κ3) is 6.00. The van der Waals surface area contributed by atoms with Gasteiger partial charge in [0.25, 0.3) is 0 Å². The molecule has 1 unspecified atom stereocenters. The van der Waals surface area contributed by atoms with Gasteiger partial charge < -0.3 is 19.0 Å². The molecule has 0 fully saturated rings. The molecule has 1 aromatic carbocycles. The molecule has 0 aliphatic heterocycles. The fourth-order valence-corrected chi connectivity index (χ4v) is 2.50. The lowest BCUT2D eigenvalue weighted by Gasteiger charge is -2.24. The maximum atomic E-state index is 10.3. The molecule has 0 spiro atoms. The van der Waals surface area contributed by atoms with E-state index >= 15 is 0 Å². The normalized spacial score (nSPS) is 12.5. The van der Waals surface area contributed by atoms with Crippen LogP contribution < -0.4 is 4.74 Å². The van der Waals surface area contributed by atoms with Crippen LogP contribution in [-0.4, -0.2) is 49.5 Å². The number of aryl methyl sites for hydroxylation is 2. The van der Waals surface area contributed by atoms with Gasteiger partial charge >= 0.3 is 0 Å². The molecule has 1 N–H and O–H groups in total. The van der Waals surface area contributed by atoms with E-state index in [1.807, 2.05) is 50.2 Å². The molecule has 1 aromatic heterocycles. The van der Waals surface area contributed by atoms with Gasteiger partial charge in [0, 0.05) is 20.2 Å². The van der Waals surface area contributed by atoms with Crippen molar-refractivity contribution in [2.24, 2.45) is 0 Å². The summed E-state index contributed by atoms with van der Waals surface area (Å²) in [5.74, 6) is 2.58. The number of aliphatic hydroxyl groups excluding tert-OH is 1. The zero-order chi connectivity index (χ0) is 17.4. The molecule has 24 heavy (non-hydrogen) atoms. The Hall–Kier alpha value is -1.82. The van der Waals surface area contributed by atoms with E-state index in [-0.39, 0.29) is 6.61 Å². The van der Waals surface area contributed by atoms with Gasteiger partial charge in [0.2, 0.25) is 0 Å². The maximum Gasteiger partial charge on any atom is 0.122 e. The van der Waals surface area contributed by atoms with Crippen LogP contribution in [0.4, 0.5) is 0 Å². The molecule has 0 aliphatic rings. The minimum Gasteiger partial charge on any atom is -0.491 e. The summed E-state index contributed by atoms with van der Waals surface area (Å²) in [4.78, 5) is 2.10. The summed E-state index contributed by atoms with van der Waals surface area (Å²) >= 11 is 0. The highest BCUT2D eigenvalue weighted by Crippen LogP contribution is 2.16. The fraction of sp³-hybridized carbons (Fsp3) is 0.474. The van der Waals surface area contributed by atoms with Crippen LogP contribution in [0.25, 0.3) is 0 Å². The van der Waals surface area contributed by atoms with Gasteiger partial charge in [-0.3, -0.25) is 4.90 Å². The number of ether oxygens (including phenoxy) is 2. The summed E-state index contributed by atoms with van der Waals surface area (Å²) in [5.41, 5.74) is 1.06. The summed E-state index contributed by atoms with van der Waals surface area (Å²) in [6.45, 7) is 6.63. The largest absolute Gasteiger partial charge is 0.491 e. The number of methoxy groups -OCH3 is 1. The van der Waals surface area contributed by atoms with Crippen molar-refractivity contribution in [2.45, 2.75) is 26.5 Å². The summed E-state index contributed by atoms with van der Waals surface area (Å²) in [6, 6.07) is 11.7. The van der Waals surface area contributed by atoms with Crippen molar-refractivity contribution in [3.8, 4) is 5.75 Å². The van der Waals surface area contributed by atoms with Crippen molar-refractivity contribution in [1.29, 1.82) is 0 Å². The molecule has 132 valence electrons. The van der Waals surface area contributed by atoms with E-state index in [2.05, 4.69) is 4.90 Å². The highest BCUT2D eigenvalue weighted by atomic mass is 16.5. The molecule has 1 atom stereocenters. The lowest BCUT2D eigenvalue weighted by Crippen LogP contribution is -2.37. The number of hydrogen-bond acceptors (Lipinski definition) is 5. The van der Waals surface area contributed by atoms with Crippen LogP contribution in [-0.2, 0) is 11.3 Å². The van der Waals surface area contributed by atoms with E-state index in [0.717, 1.165) is 29.4 Å². The first-order valence-electron chi connectivity index (χ1n) is 8.21. The van der Waals surface area contributed by atoms with E-state index in [0.29, 0.717) is 19.7 Å². The molecule has 0 amide bonds. The quantitative estimate of drug-likeness (QED) is 0.724. The van der Waals surface area contributed by atoms with Crippen molar-refractivity contribution >= 4 is 0 Å². The molecule has 0 bridgehead atoms. The first kappa shape index (κ1) is 18.5. The van der Waals surface area contributed by atoms with E-state index in [4.69, 9.17) is 13.9 Å². The van der Waals surface area contributed by atoms with Crippen LogP contribution in [0.15, 0.2) is 40.8 Å². The first-order chi connectivity index (χ1) is 11.6. The number of furan rings is 1. The molecule has 0 radical (unpaired) electrons. The summed E-state index contributed by atoms with van der Waals surface area (Å²) < 4.78 is 16.5. The Kier molecular flexibility index (Phi) is 7.31. The Bertz CT molecular complexity index is 611. The van der Waals surface area contributed by atoms with Gasteiger partial charge in [-0.05, 0) is 37.6 Å². The monoisotopic (exact) mass is 333 g/mol. The number of aliphatic hydroxyl groups is 1. The standard InChI is InChI=1S/C19H27NO4/c1-15-6-4-5-7-19(15)23-14-17(21)12-20(10-11-22-3)13-18-9-8-16(2)24-18/h4-9,17,21H,10-14H2,1-3H3. The van der Waals surface area contributed by atoms with E-state index in [1.54, 1.807) is 7.11 Å². The van der Waals surface area contributed by atoms with Crippen LogP contribution in [0.2, 0.25) is 0 Å². The van der Waals surface area contributed by atoms with Crippen molar-refractivity contribution in [3.05, 3.63) is 53.5 Å². The average Bonchev–Trinajstić information content (AvgIpc) is 2.97. The first-order valence-corrected chi connectivity index (χ1v) is 8.21. The van der Waals surface area contributed by atoms with Gasteiger partial charge in [0.1, 0.15) is 30.0 Å². The molecule has 0 saturated heterocycles. The second-order valence-electron chi connectivity index (χ2n) is 5.97. The van der Waals surface area contributed by atoms with Gasteiger partial charge in [-0.2, -0.15) is 0 Å². The zero-order valence-electron chi connectivity index (χ0n) is 14.7. The smallest absolute Gasteiger partial charge is 0.122 e. The van der Waals surface area contributed by atoms with E-state index in [1.165, 1.54) is 0 Å². The molecule has 0 aliphatic carbocycles. The molecule has 5 nitrogen and oxygen atoms in total. The minimum atomic E-state index is -0.586. The topological polar surface area (TPSA) is 55.1 Å². The molecular weight excluding hydrogens is 306 g/mol. The molecule has 5 heteroatoms. The maximum absolute atomic E-state index is 10.3. The number of rotatable bonds is 10. The Morgan fingerprint density at radius 3 is 2.62 bits per heavy atom. The van der Waals surface area contributed by atoms with Crippen molar-refractivity contribution in [2.75, 3.05) is 33.4 Å². The van der Waals surface area contributed by atoms with Crippen molar-refractivity contribution in [3.63, 3.8) is 0 Å². The summed E-state index contributed by atoms with van der Waals surface area (Å²) in [5, 5.41) is 10.3. The number of benzene rings is 1. The Morgan fingerprint density at radius 1 is 1.17 bits per heavy atom. The summed E-state index contributed by atoms with van der Waals surface area (Å²) in [6.07, 6.45) is -0.586. The highest BCUT2D eigenvalue weighted by molar-refractivity contribution is 5.31. The van der Waals surface area contributed by atoms with Crippen LogP contribution in [0.5, 0.6) is 5.75 Å². The Morgan fingerprint density at radius 2 is 1.96 bits per heavy atom. The van der Waals surface area contributed by atoms with Crippen LogP contribution in [0.3, 0.4) is 0 Å². The van der Waals surface area contributed by atoms with E-state index < -0.39 is 6.10 Å². The third-order valence-corrected chi connectivity index (χ3v) is 3.78. The lowest BCUT2D eigenvalue weighted by molar-refractivity contribution is 0.0515. The minimum absolute atomic E-state index is 0.255. The third-order valence-electron chi connectivity index (χ3n) is 3.78. The molecular formula is C19H27NO4. The predicted octanol–water partition coefficient (Wildman–Crippen LogP) is 2.78. The van der Waals surface area contributed by atoms with Gasteiger partial charge in [-0.25, -0.2) is 0 Å². The van der Waals surface area contributed by atoms with Gasteiger partial charge in [0.05, 0.1) is 13.2 Å². The van der Waals surface area contributed by atoms with Gasteiger partial charge in [-0.1, -0.05) is 18.2 Å². The van der Waals surface area contributed by atoms with Gasteiger partial charge in [-0.15, -0.1) is 0 Å². The number of para-hydroxylation sites is 1. The van der Waals surface area contributed by atoms with E-state index in [9.17, 15) is 5.11 Å². The second-order valence-corrected chi connectivity index (χ2v) is 5.97. The van der Waals surface area contributed by atoms with Gasteiger partial charge in [0.15, 0.2) is 0 Å².